The molecule has 0 aliphatic heterocycles. The summed E-state index contributed by atoms with van der Waals surface area (Å²) >= 11 is 0. The molecule has 0 aromatic carbocycles. The fraction of sp³-hybridized carbons (Fsp3) is 1.00. The van der Waals surface area contributed by atoms with Crippen molar-refractivity contribution in [3.63, 3.8) is 0 Å². The Hall–Kier alpha value is 1.51. The Balaban J connectivity index is 0. The second-order valence-electron chi connectivity index (χ2n) is 8.52. The maximum atomic E-state index is 11.5. The van der Waals surface area contributed by atoms with Crippen LogP contribution in [0.1, 0.15) is 136 Å². The minimum atomic E-state index is -4.16. The Labute approximate surface area is 224 Å². The van der Waals surface area contributed by atoms with Gasteiger partial charge >= 0.3 is 51.4 Å². The van der Waals surface area contributed by atoms with Crippen LogP contribution in [0.25, 0.3) is 0 Å². The summed E-state index contributed by atoms with van der Waals surface area (Å²) in [6.07, 6.45) is 19.2. The van der Waals surface area contributed by atoms with Gasteiger partial charge in [0.15, 0.2) is 0 Å². The van der Waals surface area contributed by atoms with E-state index in [0.717, 1.165) is 77.0 Å². The summed E-state index contributed by atoms with van der Waals surface area (Å²) in [6, 6.07) is 0. The van der Waals surface area contributed by atoms with Crippen LogP contribution in [0.2, 0.25) is 0 Å². The topological polar surface area (TPSA) is 77.4 Å². The van der Waals surface area contributed by atoms with E-state index in [4.69, 9.17) is 0 Å². The second kappa shape index (κ2) is 22.7. The predicted octanol–water partition coefficient (Wildman–Crippen LogP) is 3.72. The molecule has 0 saturated carbocycles. The number of hydrogen-bond acceptors (Lipinski definition) is 4. The third-order valence-corrected chi connectivity index (χ3v) is 7.03. The SMILES string of the molecule is CCCCCCCCC(CCCCCCCCC(O)CCCCC)S(=O)(=O)[O-].[K+]. The van der Waals surface area contributed by atoms with Crippen LogP contribution in [-0.4, -0.2) is 29.4 Å². The summed E-state index contributed by atoms with van der Waals surface area (Å²) in [5, 5.41) is 9.22. The van der Waals surface area contributed by atoms with Gasteiger partial charge in [0.25, 0.3) is 0 Å². The average Bonchev–Trinajstić information content (AvgIpc) is 2.64. The second-order valence-corrected chi connectivity index (χ2v) is 10.2. The number of aliphatic hydroxyl groups is 1. The first kappa shape index (κ1) is 32.7. The first-order chi connectivity index (χ1) is 13.4. The maximum Gasteiger partial charge on any atom is 1.00 e. The van der Waals surface area contributed by atoms with Gasteiger partial charge in [-0.3, -0.25) is 0 Å². The van der Waals surface area contributed by atoms with Crippen LogP contribution in [0, 0.1) is 0 Å². The largest absolute Gasteiger partial charge is 1.00 e. The van der Waals surface area contributed by atoms with Crippen LogP contribution in [0.15, 0.2) is 0 Å². The first-order valence-corrected chi connectivity index (χ1v) is 13.5. The smallest absolute Gasteiger partial charge is 0.748 e. The van der Waals surface area contributed by atoms with Crippen LogP contribution in [0.4, 0.5) is 0 Å². The number of aliphatic hydroxyl groups excluding tert-OH is 1. The molecule has 0 spiro atoms. The van der Waals surface area contributed by atoms with E-state index in [9.17, 15) is 18.1 Å². The molecule has 1 N–H and O–H groups in total. The standard InChI is InChI=1S/C23H48O4S.K/c1-3-5-7-8-12-16-20-23(28(25,26)27)21-17-13-10-9-11-15-19-22(24)18-14-6-4-2;/h22-24H,3-21H2,1-2H3,(H,25,26,27);/q;+1/p-1. The van der Waals surface area contributed by atoms with Crippen molar-refractivity contribution in [3.05, 3.63) is 0 Å². The fourth-order valence-corrected chi connectivity index (χ4v) is 4.73. The summed E-state index contributed by atoms with van der Waals surface area (Å²) in [4.78, 5) is 0. The molecule has 2 unspecified atom stereocenters. The summed E-state index contributed by atoms with van der Waals surface area (Å²) in [6.45, 7) is 4.35. The minimum absolute atomic E-state index is 0. The summed E-state index contributed by atoms with van der Waals surface area (Å²) in [5.41, 5.74) is 0. The van der Waals surface area contributed by atoms with Crippen LogP contribution >= 0.6 is 0 Å². The monoisotopic (exact) mass is 458 g/mol. The molecule has 0 bridgehead atoms. The molecule has 0 aliphatic carbocycles. The van der Waals surface area contributed by atoms with Crippen LogP contribution in [0.3, 0.4) is 0 Å². The van der Waals surface area contributed by atoms with Crippen molar-refractivity contribution in [2.24, 2.45) is 0 Å². The van der Waals surface area contributed by atoms with Gasteiger partial charge in [-0.2, -0.15) is 0 Å². The van der Waals surface area contributed by atoms with E-state index in [1.54, 1.807) is 0 Å². The normalized spacial score (nSPS) is 13.8. The molecular weight excluding hydrogens is 411 g/mol. The molecule has 0 aromatic rings. The molecule has 6 heteroatoms. The summed E-state index contributed by atoms with van der Waals surface area (Å²) in [5.74, 6) is 0. The predicted molar refractivity (Wildman–Crippen MR) is 119 cm³/mol. The fourth-order valence-electron chi connectivity index (χ4n) is 3.82. The van der Waals surface area contributed by atoms with E-state index >= 15 is 0 Å². The van der Waals surface area contributed by atoms with Gasteiger partial charge in [0, 0.05) is 5.25 Å². The number of rotatable bonds is 21. The third kappa shape index (κ3) is 22.5. The zero-order valence-electron chi connectivity index (χ0n) is 19.7. The summed E-state index contributed by atoms with van der Waals surface area (Å²) in [7, 11) is -4.16. The zero-order valence-corrected chi connectivity index (χ0v) is 23.6. The molecule has 2 atom stereocenters. The van der Waals surface area contributed by atoms with E-state index < -0.39 is 15.4 Å². The molecule has 0 aliphatic rings. The van der Waals surface area contributed by atoms with Gasteiger partial charge in [0.2, 0.25) is 0 Å². The zero-order chi connectivity index (χ0) is 21.1. The first-order valence-electron chi connectivity index (χ1n) is 12.0. The maximum absolute atomic E-state index is 11.5. The van der Waals surface area contributed by atoms with Crippen LogP contribution in [0.5, 0.6) is 0 Å². The van der Waals surface area contributed by atoms with E-state index in [1.165, 1.54) is 32.1 Å². The number of unbranched alkanes of at least 4 members (excludes halogenated alkanes) is 12. The van der Waals surface area contributed by atoms with Crippen molar-refractivity contribution in [1.82, 2.24) is 0 Å². The quantitative estimate of drug-likeness (QED) is 0.162. The Bertz CT molecular complexity index is 429. The Morgan fingerprint density at radius 1 is 0.621 bits per heavy atom. The van der Waals surface area contributed by atoms with Crippen molar-refractivity contribution in [3.8, 4) is 0 Å². The van der Waals surface area contributed by atoms with Gasteiger partial charge in [0.1, 0.15) is 0 Å². The van der Waals surface area contributed by atoms with Crippen molar-refractivity contribution in [2.75, 3.05) is 0 Å². The van der Waals surface area contributed by atoms with E-state index in [0.29, 0.717) is 12.8 Å². The van der Waals surface area contributed by atoms with Gasteiger partial charge in [-0.05, 0) is 25.7 Å². The van der Waals surface area contributed by atoms with Gasteiger partial charge in [-0.25, -0.2) is 8.42 Å². The molecule has 0 saturated heterocycles. The molecule has 0 heterocycles. The van der Waals surface area contributed by atoms with Crippen molar-refractivity contribution in [2.45, 2.75) is 147 Å². The Kier molecular flexibility index (Phi) is 25.6. The average molecular weight is 459 g/mol. The Morgan fingerprint density at radius 3 is 1.34 bits per heavy atom. The van der Waals surface area contributed by atoms with E-state index in [-0.39, 0.29) is 57.5 Å². The van der Waals surface area contributed by atoms with Crippen molar-refractivity contribution < 1.29 is 69.5 Å². The molecule has 0 rings (SSSR count). The van der Waals surface area contributed by atoms with Crippen molar-refractivity contribution >= 4 is 10.1 Å². The molecule has 0 fully saturated rings. The molecular formula is C23H47KO4S. The molecule has 170 valence electrons. The molecule has 4 nitrogen and oxygen atoms in total. The van der Waals surface area contributed by atoms with Gasteiger partial charge in [-0.15, -0.1) is 0 Å². The van der Waals surface area contributed by atoms with E-state index in [1.807, 2.05) is 0 Å². The van der Waals surface area contributed by atoms with E-state index in [2.05, 4.69) is 13.8 Å². The van der Waals surface area contributed by atoms with Gasteiger partial charge in [0.05, 0.1) is 16.2 Å². The van der Waals surface area contributed by atoms with Crippen molar-refractivity contribution in [1.29, 1.82) is 0 Å². The van der Waals surface area contributed by atoms with Gasteiger partial charge in [-0.1, -0.05) is 110 Å². The Morgan fingerprint density at radius 2 is 0.931 bits per heavy atom. The third-order valence-electron chi connectivity index (χ3n) is 5.74. The minimum Gasteiger partial charge on any atom is -0.748 e. The number of hydrogen-bond donors (Lipinski definition) is 1. The summed E-state index contributed by atoms with van der Waals surface area (Å²) < 4.78 is 34.4. The van der Waals surface area contributed by atoms with Crippen LogP contribution < -0.4 is 51.4 Å². The molecule has 0 amide bonds. The molecule has 29 heavy (non-hydrogen) atoms. The molecule has 0 radical (unpaired) electrons. The van der Waals surface area contributed by atoms with Crippen LogP contribution in [-0.2, 0) is 10.1 Å². The molecule has 0 aromatic heterocycles. The van der Waals surface area contributed by atoms with Gasteiger partial charge < -0.3 is 9.66 Å².